The fourth-order valence-corrected chi connectivity index (χ4v) is 1.69. The van der Waals surface area contributed by atoms with E-state index in [0.717, 1.165) is 24.3 Å². The number of ether oxygens (including phenoxy) is 1. The monoisotopic (exact) mass is 316 g/mol. The van der Waals surface area contributed by atoms with Crippen molar-refractivity contribution in [2.45, 2.75) is 6.18 Å². The lowest BCUT2D eigenvalue weighted by Gasteiger charge is -2.10. The van der Waals surface area contributed by atoms with Gasteiger partial charge in [-0.1, -0.05) is 11.6 Å². The van der Waals surface area contributed by atoms with Crippen molar-refractivity contribution in [2.75, 3.05) is 0 Å². The minimum Gasteiger partial charge on any atom is -0.456 e. The number of hydrogen-bond acceptors (Lipinski definition) is 3. The van der Waals surface area contributed by atoms with Gasteiger partial charge in [0.25, 0.3) is 5.69 Å². The van der Waals surface area contributed by atoms with Crippen LogP contribution in [0.25, 0.3) is 0 Å². The molecule has 0 saturated carbocycles. The van der Waals surface area contributed by atoms with Crippen LogP contribution < -0.4 is 4.74 Å². The highest BCUT2D eigenvalue weighted by Gasteiger charge is 2.31. The Morgan fingerprint density at radius 1 is 1.24 bits per heavy atom. The molecular weight excluding hydrogens is 311 g/mol. The van der Waals surface area contributed by atoms with E-state index in [2.05, 4.69) is 6.07 Å². The van der Waals surface area contributed by atoms with Crippen LogP contribution >= 0.6 is 11.6 Å². The summed E-state index contributed by atoms with van der Waals surface area (Å²) in [4.78, 5) is 9.83. The van der Waals surface area contributed by atoms with E-state index in [1.165, 1.54) is 12.1 Å². The maximum Gasteiger partial charge on any atom is 0.416 e. The van der Waals surface area contributed by atoms with Gasteiger partial charge in [-0.15, -0.1) is 0 Å². The molecular formula is C13H6ClF3NO3. The molecule has 0 amide bonds. The number of halogens is 4. The molecule has 0 atom stereocenters. The molecule has 0 fully saturated rings. The van der Waals surface area contributed by atoms with Crippen LogP contribution in [-0.4, -0.2) is 4.92 Å². The maximum absolute atomic E-state index is 12.5. The first kappa shape index (κ1) is 15.1. The summed E-state index contributed by atoms with van der Waals surface area (Å²) in [6.07, 6.45) is -4.50. The first-order valence-corrected chi connectivity index (χ1v) is 5.86. The molecule has 8 heteroatoms. The van der Waals surface area contributed by atoms with Gasteiger partial charge >= 0.3 is 6.18 Å². The fourth-order valence-electron chi connectivity index (χ4n) is 1.47. The van der Waals surface area contributed by atoms with Gasteiger partial charge in [0, 0.05) is 6.07 Å². The van der Waals surface area contributed by atoms with Crippen LogP contribution in [0.4, 0.5) is 18.9 Å². The van der Waals surface area contributed by atoms with Crippen LogP contribution in [0.1, 0.15) is 5.56 Å². The third-order valence-electron chi connectivity index (χ3n) is 2.45. The second kappa shape index (κ2) is 5.61. The zero-order chi connectivity index (χ0) is 15.6. The van der Waals surface area contributed by atoms with Crippen molar-refractivity contribution < 1.29 is 22.8 Å². The zero-order valence-electron chi connectivity index (χ0n) is 10.1. The van der Waals surface area contributed by atoms with Crippen molar-refractivity contribution in [1.82, 2.24) is 0 Å². The van der Waals surface area contributed by atoms with E-state index in [0.29, 0.717) is 0 Å². The molecule has 0 heterocycles. The standard InChI is InChI=1S/C13H6ClF3NO3/c14-11-7-8(13(15,16)17)1-6-12(11)21-10-4-2-9(3-5-10)18(19)20/h1-2,4-7H. The highest BCUT2D eigenvalue weighted by Crippen LogP contribution is 2.36. The summed E-state index contributed by atoms with van der Waals surface area (Å²) in [6, 6.07) is 8.67. The topological polar surface area (TPSA) is 52.4 Å². The quantitative estimate of drug-likeness (QED) is 0.600. The van der Waals surface area contributed by atoms with Gasteiger partial charge in [0.2, 0.25) is 0 Å². The van der Waals surface area contributed by atoms with Gasteiger partial charge in [0.1, 0.15) is 11.5 Å². The van der Waals surface area contributed by atoms with E-state index in [-0.39, 0.29) is 22.2 Å². The molecule has 109 valence electrons. The van der Waals surface area contributed by atoms with Gasteiger partial charge in [-0.3, -0.25) is 10.1 Å². The summed E-state index contributed by atoms with van der Waals surface area (Å²) in [6.45, 7) is 0. The second-order valence-corrected chi connectivity index (χ2v) is 4.32. The summed E-state index contributed by atoms with van der Waals surface area (Å²) in [7, 11) is 0. The van der Waals surface area contributed by atoms with Crippen LogP contribution in [-0.2, 0) is 6.18 Å². The smallest absolute Gasteiger partial charge is 0.416 e. The number of nitrogens with zero attached hydrogens (tertiary/aromatic N) is 1. The van der Waals surface area contributed by atoms with Crippen molar-refractivity contribution in [1.29, 1.82) is 0 Å². The number of nitro groups is 1. The van der Waals surface area contributed by atoms with E-state index in [1.54, 1.807) is 0 Å². The SMILES string of the molecule is O=[N+]([O-])c1[c]cc(Oc2ccc(C(F)(F)F)cc2Cl)cc1. The maximum atomic E-state index is 12.5. The highest BCUT2D eigenvalue weighted by atomic mass is 35.5. The predicted octanol–water partition coefficient (Wildman–Crippen LogP) is 4.86. The molecule has 0 bridgehead atoms. The van der Waals surface area contributed by atoms with Gasteiger partial charge < -0.3 is 4.74 Å². The Labute approximate surface area is 121 Å². The molecule has 0 N–H and O–H groups in total. The summed E-state index contributed by atoms with van der Waals surface area (Å²) < 4.78 is 42.7. The van der Waals surface area contributed by atoms with Crippen LogP contribution in [0, 0.1) is 16.2 Å². The van der Waals surface area contributed by atoms with E-state index in [1.807, 2.05) is 0 Å². The van der Waals surface area contributed by atoms with Crippen LogP contribution in [0.5, 0.6) is 11.5 Å². The summed E-state index contributed by atoms with van der Waals surface area (Å²) in [5.74, 6) is 0.175. The molecule has 0 aromatic heterocycles. The number of alkyl halides is 3. The molecule has 4 nitrogen and oxygen atoms in total. The van der Waals surface area contributed by atoms with Crippen molar-refractivity contribution in [3.05, 3.63) is 63.2 Å². The molecule has 2 aromatic carbocycles. The van der Waals surface area contributed by atoms with Crippen molar-refractivity contribution in [2.24, 2.45) is 0 Å². The molecule has 2 rings (SSSR count). The lowest BCUT2D eigenvalue weighted by molar-refractivity contribution is -0.385. The Morgan fingerprint density at radius 3 is 2.43 bits per heavy atom. The third kappa shape index (κ3) is 3.63. The fraction of sp³-hybridized carbons (Fsp3) is 0.0769. The molecule has 1 radical (unpaired) electrons. The number of hydrogen-bond donors (Lipinski definition) is 0. The third-order valence-corrected chi connectivity index (χ3v) is 2.75. The molecule has 2 aromatic rings. The summed E-state index contributed by atoms with van der Waals surface area (Å²) in [5, 5.41) is 10.2. The molecule has 21 heavy (non-hydrogen) atoms. The van der Waals surface area contributed by atoms with Gasteiger partial charge in [0.05, 0.1) is 21.6 Å². The Balaban J connectivity index is 2.22. The number of benzene rings is 2. The Bertz CT molecular complexity index is 671. The van der Waals surface area contributed by atoms with E-state index in [9.17, 15) is 23.3 Å². The molecule has 0 unspecified atom stereocenters. The molecule has 0 aliphatic carbocycles. The van der Waals surface area contributed by atoms with Gasteiger partial charge in [-0.05, 0) is 30.3 Å². The Hall–Kier alpha value is -2.28. The van der Waals surface area contributed by atoms with E-state index < -0.39 is 16.7 Å². The zero-order valence-corrected chi connectivity index (χ0v) is 10.9. The molecule has 0 spiro atoms. The average Bonchev–Trinajstić information content (AvgIpc) is 2.40. The molecule has 0 aliphatic rings. The van der Waals surface area contributed by atoms with Gasteiger partial charge in [-0.25, -0.2) is 0 Å². The number of non-ortho nitro benzene ring substituents is 1. The first-order valence-electron chi connectivity index (χ1n) is 5.48. The molecule has 0 saturated heterocycles. The van der Waals surface area contributed by atoms with E-state index in [4.69, 9.17) is 16.3 Å². The average molecular weight is 317 g/mol. The predicted molar refractivity (Wildman–Crippen MR) is 68.5 cm³/mol. The first-order chi connectivity index (χ1) is 9.77. The summed E-state index contributed by atoms with van der Waals surface area (Å²) >= 11 is 5.72. The van der Waals surface area contributed by atoms with Crippen LogP contribution in [0.2, 0.25) is 5.02 Å². The van der Waals surface area contributed by atoms with Crippen LogP contribution in [0.3, 0.4) is 0 Å². The lowest BCUT2D eigenvalue weighted by atomic mass is 10.2. The minimum absolute atomic E-state index is 0.00641. The van der Waals surface area contributed by atoms with Crippen LogP contribution in [0.15, 0.2) is 36.4 Å². The normalized spacial score (nSPS) is 11.2. The van der Waals surface area contributed by atoms with Crippen molar-refractivity contribution in [3.63, 3.8) is 0 Å². The lowest BCUT2D eigenvalue weighted by Crippen LogP contribution is -2.04. The van der Waals surface area contributed by atoms with Crippen molar-refractivity contribution in [3.8, 4) is 11.5 Å². The minimum atomic E-state index is -4.50. The van der Waals surface area contributed by atoms with Gasteiger partial charge in [0.15, 0.2) is 0 Å². The van der Waals surface area contributed by atoms with Gasteiger partial charge in [-0.2, -0.15) is 13.2 Å². The Morgan fingerprint density at radius 2 is 1.95 bits per heavy atom. The molecule has 0 aliphatic heterocycles. The highest BCUT2D eigenvalue weighted by molar-refractivity contribution is 6.32. The largest absolute Gasteiger partial charge is 0.456 e. The summed E-state index contributed by atoms with van der Waals surface area (Å²) in [5.41, 5.74) is -1.14. The number of nitro benzene ring substituents is 1. The van der Waals surface area contributed by atoms with Crippen molar-refractivity contribution >= 4 is 17.3 Å². The van der Waals surface area contributed by atoms with E-state index >= 15 is 0 Å². The Kier molecular flexibility index (Phi) is 4.04. The second-order valence-electron chi connectivity index (χ2n) is 3.91. The number of rotatable bonds is 3.